The van der Waals surface area contributed by atoms with Crippen molar-refractivity contribution in [3.63, 3.8) is 0 Å². The predicted molar refractivity (Wildman–Crippen MR) is 434 cm³/mol. The van der Waals surface area contributed by atoms with Gasteiger partial charge >= 0.3 is 66.2 Å². The van der Waals surface area contributed by atoms with Crippen LogP contribution in [0.25, 0.3) is 0 Å². The zero-order chi connectivity index (χ0) is 74.5. The standard InChI is InChI=1S/5C18H36O2.Al.Ba/c5*1-2-3-4-5-6-7-8-9-10-11-12-13-14-15-16-17-18(19)20;;/h5*2-17H2,1H3,(H,19,20);;/q;;;;;+3;+2/p-5. The van der Waals surface area contributed by atoms with Crippen molar-refractivity contribution < 1.29 is 49.5 Å². The van der Waals surface area contributed by atoms with Crippen LogP contribution in [0.5, 0.6) is 0 Å². The van der Waals surface area contributed by atoms with Gasteiger partial charge in [0.15, 0.2) is 0 Å². The average Bonchev–Trinajstić information content (AvgIpc) is 3.77. The van der Waals surface area contributed by atoms with Gasteiger partial charge in [0.2, 0.25) is 0 Å². The monoisotopic (exact) mass is 1580 g/mol. The van der Waals surface area contributed by atoms with E-state index >= 15 is 0 Å². The van der Waals surface area contributed by atoms with Gasteiger partial charge in [-0.15, -0.1) is 0 Å². The first kappa shape index (κ1) is 115. The van der Waals surface area contributed by atoms with Crippen molar-refractivity contribution in [3.8, 4) is 0 Å². The Labute approximate surface area is 687 Å². The summed E-state index contributed by atoms with van der Waals surface area (Å²) in [6, 6.07) is 0. The third-order valence-corrected chi connectivity index (χ3v) is 19.9. The van der Waals surface area contributed by atoms with E-state index in [9.17, 15) is 49.5 Å². The molecule has 0 aliphatic heterocycles. The number of rotatable bonds is 80. The molecule has 102 heavy (non-hydrogen) atoms. The molecular weight excluding hydrogens is 1410 g/mol. The molecule has 12 heteroatoms. The van der Waals surface area contributed by atoms with Gasteiger partial charge in [0, 0.05) is 29.8 Å². The summed E-state index contributed by atoms with van der Waals surface area (Å²) >= 11 is 0. The zero-order valence-electron chi connectivity index (χ0n) is 69.4. The van der Waals surface area contributed by atoms with E-state index in [0.29, 0.717) is 0 Å². The van der Waals surface area contributed by atoms with Crippen LogP contribution in [0.3, 0.4) is 0 Å². The Kier molecular flexibility index (Phi) is 125. The molecule has 10 nitrogen and oxygen atoms in total. The third-order valence-electron chi connectivity index (χ3n) is 19.9. The SMILES string of the molecule is CCCCCCCCCCCCCCCCCC(=O)[O-].CCCCCCCCCCCCCCCCCC(=O)[O-].CCCCCCCCCCCCCCCCCC(=O)[O-].CCCCCCCCCCCCCCCCCC(=O)[O-].CCCCCCCCCCCCCCCCCC(=O)[O-].[Al+3].[Ba+2]. The van der Waals surface area contributed by atoms with Crippen LogP contribution in [-0.4, -0.2) is 96.1 Å². The molecule has 0 aromatic rings. The summed E-state index contributed by atoms with van der Waals surface area (Å²) in [7, 11) is 0. The Hall–Kier alpha value is -0.546. The van der Waals surface area contributed by atoms with E-state index in [-0.39, 0.29) is 98.3 Å². The van der Waals surface area contributed by atoms with E-state index in [4.69, 9.17) is 0 Å². The smallest absolute Gasteiger partial charge is 0.550 e. The Bertz CT molecular complexity index is 1280. The summed E-state index contributed by atoms with van der Waals surface area (Å²) in [6.07, 6.45) is 99.3. The second-order valence-electron chi connectivity index (χ2n) is 30.4. The number of hydrogen-bond donors (Lipinski definition) is 0. The molecule has 0 bridgehead atoms. The fourth-order valence-electron chi connectivity index (χ4n) is 13.2. The van der Waals surface area contributed by atoms with Crippen molar-refractivity contribution >= 4 is 96.1 Å². The van der Waals surface area contributed by atoms with Gasteiger partial charge in [-0.3, -0.25) is 0 Å². The molecule has 0 spiro atoms. The van der Waals surface area contributed by atoms with Crippen LogP contribution in [0.4, 0.5) is 0 Å². The fourth-order valence-corrected chi connectivity index (χ4v) is 13.2. The van der Waals surface area contributed by atoms with Gasteiger partial charge in [-0.25, -0.2) is 0 Å². The summed E-state index contributed by atoms with van der Waals surface area (Å²) < 4.78 is 0. The first-order valence-corrected chi connectivity index (χ1v) is 44.8. The second kappa shape index (κ2) is 111. The number of carboxylic acid groups (broad SMARTS) is 5. The molecule has 0 heterocycles. The summed E-state index contributed by atoms with van der Waals surface area (Å²) in [6.45, 7) is 11.3. The predicted octanol–water partition coefficient (Wildman–Crippen LogP) is 24.2. The topological polar surface area (TPSA) is 201 Å². The van der Waals surface area contributed by atoms with Gasteiger partial charge in [0.25, 0.3) is 0 Å². The van der Waals surface area contributed by atoms with Crippen LogP contribution in [-0.2, 0) is 24.0 Å². The Balaban J connectivity index is -0.000000220. The van der Waals surface area contributed by atoms with E-state index in [2.05, 4.69) is 34.6 Å². The molecule has 0 amide bonds. The van der Waals surface area contributed by atoms with Gasteiger partial charge in [-0.1, -0.05) is 484 Å². The molecule has 0 aromatic heterocycles. The Morgan fingerprint density at radius 3 is 0.255 bits per heavy atom. The minimum absolute atomic E-state index is 0. The van der Waals surface area contributed by atoms with Crippen LogP contribution in [0.1, 0.15) is 548 Å². The molecule has 0 N–H and O–H groups in total. The molecule has 0 fully saturated rings. The first-order chi connectivity index (χ1) is 48.9. The molecule has 0 rings (SSSR count). The van der Waals surface area contributed by atoms with E-state index < -0.39 is 29.8 Å². The van der Waals surface area contributed by atoms with Gasteiger partial charge in [-0.05, 0) is 64.2 Å². The molecular formula is C90H175AlBaO10. The molecule has 0 aliphatic carbocycles. The number of carbonyl (C=O) groups excluding carboxylic acids is 5. The van der Waals surface area contributed by atoms with Gasteiger partial charge in [0.05, 0.1) is 0 Å². The maximum absolute atomic E-state index is 10.2. The van der Waals surface area contributed by atoms with Gasteiger partial charge in [0.1, 0.15) is 0 Å². The molecule has 0 aliphatic rings. The molecule has 0 saturated heterocycles. The normalized spacial score (nSPS) is 10.6. The number of carbonyl (C=O) groups is 5. The van der Waals surface area contributed by atoms with Gasteiger partial charge < -0.3 is 49.5 Å². The average molecular weight is 1580 g/mol. The number of hydrogen-bond acceptors (Lipinski definition) is 10. The van der Waals surface area contributed by atoms with Crippen LogP contribution < -0.4 is 25.5 Å². The van der Waals surface area contributed by atoms with Crippen LogP contribution >= 0.6 is 0 Å². The summed E-state index contributed by atoms with van der Waals surface area (Å²) in [5.41, 5.74) is 0. The zero-order valence-corrected chi connectivity index (χ0v) is 75.0. The first-order valence-electron chi connectivity index (χ1n) is 44.8. The number of unbranched alkanes of at least 4 members (excludes halogenated alkanes) is 70. The summed E-state index contributed by atoms with van der Waals surface area (Å²) in [5, 5.41) is 51.1. The van der Waals surface area contributed by atoms with Crippen LogP contribution in [0.2, 0.25) is 0 Å². The van der Waals surface area contributed by atoms with Crippen molar-refractivity contribution in [3.05, 3.63) is 0 Å². The molecule has 0 radical (unpaired) electrons. The third kappa shape index (κ3) is 135. The van der Waals surface area contributed by atoms with Crippen molar-refractivity contribution in [2.24, 2.45) is 0 Å². The van der Waals surface area contributed by atoms with E-state index in [1.165, 1.54) is 417 Å². The Morgan fingerprint density at radius 2 is 0.196 bits per heavy atom. The van der Waals surface area contributed by atoms with Gasteiger partial charge in [-0.2, -0.15) is 0 Å². The minimum atomic E-state index is -0.903. The number of carboxylic acids is 5. The van der Waals surface area contributed by atoms with Crippen molar-refractivity contribution in [2.75, 3.05) is 0 Å². The van der Waals surface area contributed by atoms with Crippen molar-refractivity contribution in [2.45, 2.75) is 548 Å². The van der Waals surface area contributed by atoms with E-state index in [1.807, 2.05) is 0 Å². The quantitative estimate of drug-likeness (QED) is 0.0417. The largest absolute Gasteiger partial charge is 3.00 e. The second-order valence-corrected chi connectivity index (χ2v) is 30.4. The molecule has 0 saturated carbocycles. The summed E-state index contributed by atoms with van der Waals surface area (Å²) in [5.74, 6) is -4.52. The molecule has 0 unspecified atom stereocenters. The maximum atomic E-state index is 10.2. The molecule has 0 aromatic carbocycles. The molecule has 0 atom stereocenters. The maximum Gasteiger partial charge on any atom is 3.00 e. The Morgan fingerprint density at radius 1 is 0.137 bits per heavy atom. The van der Waals surface area contributed by atoms with Crippen LogP contribution in [0, 0.1) is 0 Å². The summed E-state index contributed by atoms with van der Waals surface area (Å²) in [4.78, 5) is 51.1. The van der Waals surface area contributed by atoms with E-state index in [1.54, 1.807) is 0 Å². The van der Waals surface area contributed by atoms with Crippen molar-refractivity contribution in [1.29, 1.82) is 0 Å². The van der Waals surface area contributed by atoms with Crippen molar-refractivity contribution in [1.82, 2.24) is 0 Å². The van der Waals surface area contributed by atoms with E-state index in [0.717, 1.165) is 64.2 Å². The molecule has 600 valence electrons. The minimum Gasteiger partial charge on any atom is -0.550 e. The fraction of sp³-hybridized carbons (Fsp3) is 0.944. The number of aliphatic carboxylic acids is 5. The van der Waals surface area contributed by atoms with Crippen LogP contribution in [0.15, 0.2) is 0 Å².